The summed E-state index contributed by atoms with van der Waals surface area (Å²) in [6, 6.07) is 3.98. The monoisotopic (exact) mass is 269 g/mol. The summed E-state index contributed by atoms with van der Waals surface area (Å²) in [6.07, 6.45) is 1.84. The summed E-state index contributed by atoms with van der Waals surface area (Å²) in [5.41, 5.74) is 0.154. The third-order valence-electron chi connectivity index (χ3n) is 3.30. The van der Waals surface area contributed by atoms with Gasteiger partial charge in [-0.2, -0.15) is 0 Å². The molecule has 1 fully saturated rings. The van der Waals surface area contributed by atoms with E-state index < -0.39 is 0 Å². The molecule has 0 bridgehead atoms. The number of amides is 1. The highest BCUT2D eigenvalue weighted by Crippen LogP contribution is 2.27. The lowest BCUT2D eigenvalue weighted by atomic mass is 10.1. The lowest BCUT2D eigenvalue weighted by Gasteiger charge is -2.17. The maximum Gasteiger partial charge on any atom is 0.257 e. The van der Waals surface area contributed by atoms with Crippen molar-refractivity contribution >= 4 is 17.5 Å². The molecular weight excluding hydrogens is 254 g/mol. The highest BCUT2D eigenvalue weighted by atomic mass is 35.5. The molecular formula is C13H16ClNO3. The van der Waals surface area contributed by atoms with Crippen LogP contribution in [0.3, 0.4) is 0 Å². The molecule has 0 aromatic heterocycles. The van der Waals surface area contributed by atoms with Crippen molar-refractivity contribution in [3.8, 4) is 11.5 Å². The van der Waals surface area contributed by atoms with E-state index in [1.165, 1.54) is 18.2 Å². The number of hydrogen-bond donors (Lipinski definition) is 2. The van der Waals surface area contributed by atoms with E-state index in [9.17, 15) is 15.0 Å². The zero-order valence-corrected chi connectivity index (χ0v) is 10.7. The minimum atomic E-state index is -0.236. The highest BCUT2D eigenvalue weighted by Gasteiger charge is 2.27. The van der Waals surface area contributed by atoms with Gasteiger partial charge in [0.25, 0.3) is 5.91 Å². The molecule has 1 saturated heterocycles. The first-order valence-corrected chi connectivity index (χ1v) is 6.52. The number of likely N-dealkylation sites (tertiary alicyclic amines) is 1. The van der Waals surface area contributed by atoms with Crippen molar-refractivity contribution in [2.45, 2.75) is 12.8 Å². The highest BCUT2D eigenvalue weighted by molar-refractivity contribution is 6.17. The Morgan fingerprint density at radius 1 is 1.44 bits per heavy atom. The van der Waals surface area contributed by atoms with Crippen molar-refractivity contribution in [3.05, 3.63) is 23.8 Å². The number of alkyl halides is 1. The minimum absolute atomic E-state index is 0.0207. The first-order valence-electron chi connectivity index (χ1n) is 5.99. The number of benzene rings is 1. The molecule has 0 spiro atoms. The predicted molar refractivity (Wildman–Crippen MR) is 69.1 cm³/mol. The number of carbonyl (C=O) groups is 1. The Morgan fingerprint density at radius 3 is 2.94 bits per heavy atom. The Kier molecular flexibility index (Phi) is 3.97. The van der Waals surface area contributed by atoms with Crippen LogP contribution in [0.2, 0.25) is 0 Å². The maximum absolute atomic E-state index is 12.2. The normalized spacial score (nSPS) is 19.2. The second-order valence-electron chi connectivity index (χ2n) is 4.58. The van der Waals surface area contributed by atoms with E-state index in [0.717, 1.165) is 12.8 Å². The van der Waals surface area contributed by atoms with Gasteiger partial charge in [0.2, 0.25) is 0 Å². The first kappa shape index (κ1) is 13.0. The molecule has 0 saturated carbocycles. The fourth-order valence-corrected chi connectivity index (χ4v) is 2.58. The van der Waals surface area contributed by atoms with Gasteiger partial charge in [0.05, 0.1) is 5.56 Å². The first-order chi connectivity index (χ1) is 8.61. The van der Waals surface area contributed by atoms with Gasteiger partial charge in [0, 0.05) is 19.0 Å². The van der Waals surface area contributed by atoms with Crippen LogP contribution in [0.25, 0.3) is 0 Å². The molecule has 1 unspecified atom stereocenters. The maximum atomic E-state index is 12.2. The quantitative estimate of drug-likeness (QED) is 0.653. The summed E-state index contributed by atoms with van der Waals surface area (Å²) in [4.78, 5) is 13.9. The van der Waals surface area contributed by atoms with Crippen molar-refractivity contribution in [3.63, 3.8) is 0 Å². The molecule has 1 aliphatic heterocycles. The van der Waals surface area contributed by atoms with E-state index in [-0.39, 0.29) is 23.0 Å². The zero-order chi connectivity index (χ0) is 13.1. The van der Waals surface area contributed by atoms with Gasteiger partial charge in [0.15, 0.2) is 0 Å². The Labute approximate surface area is 111 Å². The van der Waals surface area contributed by atoms with E-state index in [1.54, 1.807) is 4.90 Å². The molecule has 5 heteroatoms. The van der Waals surface area contributed by atoms with E-state index in [0.29, 0.717) is 24.9 Å². The van der Waals surface area contributed by atoms with E-state index in [1.807, 2.05) is 0 Å². The molecule has 1 atom stereocenters. The lowest BCUT2D eigenvalue weighted by molar-refractivity contribution is 0.0783. The number of phenols is 2. The number of halogens is 1. The average Bonchev–Trinajstić information content (AvgIpc) is 2.80. The molecule has 1 aromatic carbocycles. The fourth-order valence-electron chi connectivity index (χ4n) is 2.27. The van der Waals surface area contributed by atoms with Gasteiger partial charge >= 0.3 is 0 Å². The number of rotatable bonds is 3. The second kappa shape index (κ2) is 5.48. The van der Waals surface area contributed by atoms with Crippen LogP contribution in [0, 0.1) is 5.92 Å². The Balaban J connectivity index is 2.10. The van der Waals surface area contributed by atoms with Crippen LogP contribution in [0.4, 0.5) is 0 Å². The van der Waals surface area contributed by atoms with Crippen LogP contribution in [0.15, 0.2) is 18.2 Å². The van der Waals surface area contributed by atoms with E-state index in [2.05, 4.69) is 0 Å². The standard InChI is InChI=1S/C13H16ClNO3/c14-5-3-9-4-6-15(8-9)13(18)11-7-10(16)1-2-12(11)17/h1-2,7,9,16-17H,3-6,8H2. The number of nitrogens with zero attached hydrogens (tertiary/aromatic N) is 1. The van der Waals surface area contributed by atoms with E-state index >= 15 is 0 Å². The summed E-state index contributed by atoms with van der Waals surface area (Å²) >= 11 is 5.70. The fraction of sp³-hybridized carbons (Fsp3) is 0.462. The molecule has 0 aliphatic carbocycles. The molecule has 1 aliphatic rings. The van der Waals surface area contributed by atoms with Crippen LogP contribution in [0.5, 0.6) is 11.5 Å². The van der Waals surface area contributed by atoms with Crippen molar-refractivity contribution < 1.29 is 15.0 Å². The number of carbonyl (C=O) groups excluding carboxylic acids is 1. The molecule has 2 rings (SSSR count). The topological polar surface area (TPSA) is 60.8 Å². The summed E-state index contributed by atoms with van der Waals surface area (Å²) in [6.45, 7) is 1.34. The van der Waals surface area contributed by atoms with Gasteiger partial charge in [0.1, 0.15) is 11.5 Å². The van der Waals surface area contributed by atoms with Crippen LogP contribution < -0.4 is 0 Å². The van der Waals surface area contributed by atoms with Crippen LogP contribution in [-0.2, 0) is 0 Å². The predicted octanol–water partition coefficient (Wildman–Crippen LogP) is 2.19. The van der Waals surface area contributed by atoms with Crippen molar-refractivity contribution in [2.75, 3.05) is 19.0 Å². The molecule has 1 aromatic rings. The SMILES string of the molecule is O=C(c1cc(O)ccc1O)N1CCC(CCCl)C1. The summed E-state index contributed by atoms with van der Waals surface area (Å²) < 4.78 is 0. The third-order valence-corrected chi connectivity index (χ3v) is 3.52. The molecule has 1 amide bonds. The molecule has 98 valence electrons. The second-order valence-corrected chi connectivity index (χ2v) is 4.96. The zero-order valence-electron chi connectivity index (χ0n) is 9.97. The van der Waals surface area contributed by atoms with Crippen LogP contribution in [-0.4, -0.2) is 40.0 Å². The van der Waals surface area contributed by atoms with Gasteiger partial charge in [-0.1, -0.05) is 0 Å². The lowest BCUT2D eigenvalue weighted by Crippen LogP contribution is -2.28. The van der Waals surface area contributed by atoms with Gasteiger partial charge in [-0.25, -0.2) is 0 Å². The van der Waals surface area contributed by atoms with Gasteiger partial charge in [-0.15, -0.1) is 11.6 Å². The Bertz CT molecular complexity index is 450. The summed E-state index contributed by atoms with van der Waals surface area (Å²) in [5, 5.41) is 19.0. The molecule has 2 N–H and O–H groups in total. The molecule has 4 nitrogen and oxygen atoms in total. The summed E-state index contributed by atoms with van der Waals surface area (Å²) in [5.74, 6) is 0.682. The minimum Gasteiger partial charge on any atom is -0.508 e. The van der Waals surface area contributed by atoms with Crippen LogP contribution >= 0.6 is 11.6 Å². The largest absolute Gasteiger partial charge is 0.508 e. The number of hydrogen-bond acceptors (Lipinski definition) is 3. The Morgan fingerprint density at radius 2 is 2.22 bits per heavy atom. The van der Waals surface area contributed by atoms with Gasteiger partial charge in [-0.3, -0.25) is 4.79 Å². The average molecular weight is 270 g/mol. The number of phenolic OH excluding ortho intramolecular Hbond substituents is 2. The van der Waals surface area contributed by atoms with Crippen molar-refractivity contribution in [1.82, 2.24) is 4.90 Å². The smallest absolute Gasteiger partial charge is 0.257 e. The number of aromatic hydroxyl groups is 2. The molecule has 18 heavy (non-hydrogen) atoms. The van der Waals surface area contributed by atoms with Gasteiger partial charge in [-0.05, 0) is 37.0 Å². The van der Waals surface area contributed by atoms with Crippen LogP contribution in [0.1, 0.15) is 23.2 Å². The Hall–Kier alpha value is -1.42. The van der Waals surface area contributed by atoms with Crippen molar-refractivity contribution in [1.29, 1.82) is 0 Å². The molecule has 0 radical (unpaired) electrons. The third kappa shape index (κ3) is 2.70. The van der Waals surface area contributed by atoms with Crippen molar-refractivity contribution in [2.24, 2.45) is 5.92 Å². The molecule has 1 heterocycles. The summed E-state index contributed by atoms with van der Waals surface area (Å²) in [7, 11) is 0. The van der Waals surface area contributed by atoms with Gasteiger partial charge < -0.3 is 15.1 Å². The van der Waals surface area contributed by atoms with E-state index in [4.69, 9.17) is 11.6 Å².